The Morgan fingerprint density at radius 3 is 2.81 bits per heavy atom. The summed E-state index contributed by atoms with van der Waals surface area (Å²) < 4.78 is 0. The Morgan fingerprint density at radius 1 is 1.50 bits per heavy atom. The monoisotopic (exact) mass is 222 g/mol. The summed E-state index contributed by atoms with van der Waals surface area (Å²) in [5, 5.41) is 10.6. The molecule has 0 radical (unpaired) electrons. The molecule has 1 aromatic rings. The lowest BCUT2D eigenvalue weighted by atomic mass is 10.0. The van der Waals surface area contributed by atoms with Gasteiger partial charge in [0.2, 0.25) is 0 Å². The van der Waals surface area contributed by atoms with E-state index >= 15 is 0 Å². The number of H-pyrrole nitrogens is 1. The van der Waals surface area contributed by atoms with Crippen LogP contribution in [0.15, 0.2) is 12.3 Å². The topological polar surface area (TPSA) is 44.0 Å². The highest BCUT2D eigenvalue weighted by Crippen LogP contribution is 2.13. The minimum absolute atomic E-state index is 0.601. The van der Waals surface area contributed by atoms with Gasteiger partial charge < -0.3 is 5.32 Å². The second-order valence-corrected chi connectivity index (χ2v) is 4.95. The molecule has 1 fully saturated rings. The van der Waals surface area contributed by atoms with E-state index < -0.39 is 0 Å². The molecule has 0 saturated carbocycles. The van der Waals surface area contributed by atoms with Gasteiger partial charge in [-0.05, 0) is 18.9 Å². The molecule has 1 aliphatic heterocycles. The van der Waals surface area contributed by atoms with E-state index in [-0.39, 0.29) is 0 Å². The van der Waals surface area contributed by atoms with Gasteiger partial charge in [-0.15, -0.1) is 0 Å². The number of piperidine rings is 1. The number of nitrogens with one attached hydrogen (secondary N) is 2. The highest BCUT2D eigenvalue weighted by atomic mass is 15.2. The average molecular weight is 222 g/mol. The van der Waals surface area contributed by atoms with E-state index in [1.54, 1.807) is 0 Å². The van der Waals surface area contributed by atoms with Crippen molar-refractivity contribution in [1.82, 2.24) is 20.4 Å². The van der Waals surface area contributed by atoms with Crippen LogP contribution in [-0.2, 0) is 6.54 Å². The van der Waals surface area contributed by atoms with Crippen LogP contribution in [-0.4, -0.2) is 40.3 Å². The maximum Gasteiger partial charge on any atom is 0.0492 e. The molecule has 1 saturated heterocycles. The van der Waals surface area contributed by atoms with Crippen LogP contribution in [0.2, 0.25) is 0 Å². The smallest absolute Gasteiger partial charge is 0.0492 e. The summed E-state index contributed by atoms with van der Waals surface area (Å²) in [5.41, 5.74) is 1.22. The molecular formula is C12H22N4. The third kappa shape index (κ3) is 3.32. The molecule has 2 heterocycles. The van der Waals surface area contributed by atoms with Crippen LogP contribution in [0.4, 0.5) is 0 Å². The molecule has 2 rings (SSSR count). The van der Waals surface area contributed by atoms with E-state index in [0.717, 1.165) is 6.54 Å². The lowest BCUT2D eigenvalue weighted by Gasteiger charge is -2.33. The Labute approximate surface area is 97.4 Å². The molecule has 4 heteroatoms. The first-order valence-electron chi connectivity index (χ1n) is 6.20. The van der Waals surface area contributed by atoms with E-state index in [1.807, 2.05) is 6.20 Å². The van der Waals surface area contributed by atoms with Gasteiger partial charge in [-0.1, -0.05) is 13.8 Å². The Bertz CT molecular complexity index is 286. The molecular weight excluding hydrogens is 200 g/mol. The maximum absolute atomic E-state index is 3.98. The molecule has 0 amide bonds. The van der Waals surface area contributed by atoms with Gasteiger partial charge in [0, 0.05) is 43.6 Å². The summed E-state index contributed by atoms with van der Waals surface area (Å²) in [6, 6.07) is 3.36. The number of nitrogens with zero attached hydrogens (tertiary/aromatic N) is 2. The van der Waals surface area contributed by atoms with Crippen molar-refractivity contribution >= 4 is 0 Å². The van der Waals surface area contributed by atoms with Crippen molar-refractivity contribution in [3.8, 4) is 0 Å². The van der Waals surface area contributed by atoms with Crippen molar-refractivity contribution in [3.63, 3.8) is 0 Å². The van der Waals surface area contributed by atoms with Crippen LogP contribution in [0.25, 0.3) is 0 Å². The summed E-state index contributed by atoms with van der Waals surface area (Å²) in [5.74, 6) is 0. The van der Waals surface area contributed by atoms with Crippen molar-refractivity contribution in [2.24, 2.45) is 0 Å². The fourth-order valence-electron chi connectivity index (χ4n) is 2.34. The largest absolute Gasteiger partial charge is 0.312 e. The summed E-state index contributed by atoms with van der Waals surface area (Å²) in [6.45, 7) is 7.81. The van der Waals surface area contributed by atoms with Gasteiger partial charge in [0.25, 0.3) is 0 Å². The lowest BCUT2D eigenvalue weighted by Crippen LogP contribution is -2.44. The molecule has 2 N–H and O–H groups in total. The van der Waals surface area contributed by atoms with E-state index in [0.29, 0.717) is 12.1 Å². The molecule has 1 aliphatic rings. The quantitative estimate of drug-likeness (QED) is 0.808. The fraction of sp³-hybridized carbons (Fsp3) is 0.750. The molecule has 0 aromatic carbocycles. The Kier molecular flexibility index (Phi) is 3.96. The van der Waals surface area contributed by atoms with E-state index in [4.69, 9.17) is 0 Å². The molecule has 4 nitrogen and oxygen atoms in total. The van der Waals surface area contributed by atoms with Gasteiger partial charge >= 0.3 is 0 Å². The maximum atomic E-state index is 3.98. The van der Waals surface area contributed by atoms with Crippen LogP contribution in [0.3, 0.4) is 0 Å². The molecule has 16 heavy (non-hydrogen) atoms. The lowest BCUT2D eigenvalue weighted by molar-refractivity contribution is 0.184. The molecule has 1 aromatic heterocycles. The highest BCUT2D eigenvalue weighted by molar-refractivity contribution is 4.97. The second kappa shape index (κ2) is 5.46. The van der Waals surface area contributed by atoms with Gasteiger partial charge in [-0.3, -0.25) is 10.00 Å². The first kappa shape index (κ1) is 11.6. The van der Waals surface area contributed by atoms with Gasteiger partial charge in [0.1, 0.15) is 0 Å². The zero-order chi connectivity index (χ0) is 11.4. The molecule has 0 bridgehead atoms. The molecule has 0 aliphatic carbocycles. The number of aromatic nitrogens is 2. The van der Waals surface area contributed by atoms with Gasteiger partial charge in [-0.2, -0.15) is 5.10 Å². The molecule has 0 spiro atoms. The van der Waals surface area contributed by atoms with Crippen molar-refractivity contribution in [2.75, 3.05) is 13.1 Å². The average Bonchev–Trinajstić information content (AvgIpc) is 2.73. The zero-order valence-corrected chi connectivity index (χ0v) is 10.2. The van der Waals surface area contributed by atoms with Crippen molar-refractivity contribution in [2.45, 2.75) is 45.3 Å². The number of hydrogen-bond donors (Lipinski definition) is 2. The van der Waals surface area contributed by atoms with Crippen LogP contribution in [0.1, 0.15) is 32.4 Å². The van der Waals surface area contributed by atoms with Crippen molar-refractivity contribution in [1.29, 1.82) is 0 Å². The van der Waals surface area contributed by atoms with Gasteiger partial charge in [-0.25, -0.2) is 0 Å². The number of aromatic amines is 1. The molecule has 0 atom stereocenters. The molecule has 0 unspecified atom stereocenters. The Morgan fingerprint density at radius 2 is 2.25 bits per heavy atom. The van der Waals surface area contributed by atoms with Crippen LogP contribution in [0, 0.1) is 0 Å². The van der Waals surface area contributed by atoms with Crippen molar-refractivity contribution in [3.05, 3.63) is 18.0 Å². The van der Waals surface area contributed by atoms with Gasteiger partial charge in [0.15, 0.2) is 0 Å². The minimum atomic E-state index is 0.601. The number of hydrogen-bond acceptors (Lipinski definition) is 3. The minimum Gasteiger partial charge on any atom is -0.312 e. The SMILES string of the molecule is CC(C)NC1CCN(Cc2ccn[nH]2)CC1. The van der Waals surface area contributed by atoms with E-state index in [9.17, 15) is 0 Å². The summed E-state index contributed by atoms with van der Waals surface area (Å²) in [7, 11) is 0. The predicted octanol–water partition coefficient (Wildman–Crippen LogP) is 1.37. The van der Waals surface area contributed by atoms with Crippen LogP contribution in [0.5, 0.6) is 0 Å². The van der Waals surface area contributed by atoms with E-state index in [1.165, 1.54) is 31.6 Å². The van der Waals surface area contributed by atoms with E-state index in [2.05, 4.69) is 40.3 Å². The first-order valence-corrected chi connectivity index (χ1v) is 6.20. The van der Waals surface area contributed by atoms with Crippen LogP contribution >= 0.6 is 0 Å². The van der Waals surface area contributed by atoms with Gasteiger partial charge in [0.05, 0.1) is 0 Å². The zero-order valence-electron chi connectivity index (χ0n) is 10.2. The Balaban J connectivity index is 1.73. The number of rotatable bonds is 4. The first-order chi connectivity index (χ1) is 7.74. The highest BCUT2D eigenvalue weighted by Gasteiger charge is 2.19. The standard InChI is InChI=1S/C12H22N4/c1-10(2)14-11-4-7-16(8-5-11)9-12-3-6-13-15-12/h3,6,10-11,14H,4-5,7-9H2,1-2H3,(H,13,15). The second-order valence-electron chi connectivity index (χ2n) is 4.95. The normalized spacial score (nSPS) is 19.4. The molecule has 90 valence electrons. The van der Waals surface area contributed by atoms with Crippen LogP contribution < -0.4 is 5.32 Å². The summed E-state index contributed by atoms with van der Waals surface area (Å²) in [6.07, 6.45) is 4.33. The third-order valence-electron chi connectivity index (χ3n) is 3.11. The fourth-order valence-corrected chi connectivity index (χ4v) is 2.34. The predicted molar refractivity (Wildman–Crippen MR) is 65.2 cm³/mol. The summed E-state index contributed by atoms with van der Waals surface area (Å²) >= 11 is 0. The van der Waals surface area contributed by atoms with Crippen molar-refractivity contribution < 1.29 is 0 Å². The number of likely N-dealkylation sites (tertiary alicyclic amines) is 1. The third-order valence-corrected chi connectivity index (χ3v) is 3.11. The summed E-state index contributed by atoms with van der Waals surface area (Å²) in [4.78, 5) is 2.49. The Hall–Kier alpha value is -0.870.